The van der Waals surface area contributed by atoms with E-state index < -0.39 is 23.1 Å². The molecule has 9 heteroatoms. The van der Waals surface area contributed by atoms with Gasteiger partial charge in [0.05, 0.1) is 18.5 Å². The van der Waals surface area contributed by atoms with Crippen molar-refractivity contribution in [3.05, 3.63) is 129 Å². The first-order chi connectivity index (χ1) is 20.8. The topological polar surface area (TPSA) is 120 Å². The van der Waals surface area contributed by atoms with Gasteiger partial charge in [-0.25, -0.2) is 4.39 Å². The van der Waals surface area contributed by atoms with E-state index in [4.69, 9.17) is 10.2 Å². The lowest BCUT2D eigenvalue weighted by atomic mass is 10.0. The number of benzene rings is 3. The van der Waals surface area contributed by atoms with Gasteiger partial charge >= 0.3 is 11.9 Å². The van der Waals surface area contributed by atoms with Gasteiger partial charge in [-0.15, -0.1) is 0 Å². The fourth-order valence-electron chi connectivity index (χ4n) is 5.02. The van der Waals surface area contributed by atoms with Crippen molar-refractivity contribution < 1.29 is 33.5 Å². The second-order valence-corrected chi connectivity index (χ2v) is 11.9. The molecule has 3 aromatic carbocycles. The zero-order valence-electron chi connectivity index (χ0n) is 24.8. The number of halogens is 1. The number of carbonyl (C=O) groups is 3. The maximum Gasteiger partial charge on any atom is 0.309 e. The summed E-state index contributed by atoms with van der Waals surface area (Å²) >= 11 is -1.04. The van der Waals surface area contributed by atoms with E-state index in [0.29, 0.717) is 28.1 Å². The number of carbonyl (C=O) groups excluding carboxylic acids is 1. The fraction of sp³-hybridized carbons (Fsp3) is 0.171. The number of nitrogens with zero attached hydrogens (tertiary/aromatic N) is 1. The Hall–Kier alpha value is -4.73. The lowest BCUT2D eigenvalue weighted by Crippen LogP contribution is -2.11. The summed E-state index contributed by atoms with van der Waals surface area (Å²) in [4.78, 5) is 34.9. The Morgan fingerprint density at radius 2 is 1.50 bits per heavy atom. The molecule has 0 fully saturated rings. The van der Waals surface area contributed by atoms with E-state index in [0.717, 1.165) is 32.7 Å². The van der Waals surface area contributed by atoms with Crippen molar-refractivity contribution in [2.45, 2.75) is 31.6 Å². The summed E-state index contributed by atoms with van der Waals surface area (Å²) in [6, 6.07) is 22.5. The number of fused-ring (bicyclic) bond motifs is 1. The molecule has 0 saturated carbocycles. The fourth-order valence-corrected chi connectivity index (χ4v) is 5.54. The molecule has 1 unspecified atom stereocenters. The molecule has 5 rings (SSSR count). The Morgan fingerprint density at radius 1 is 0.864 bits per heavy atom. The predicted octanol–water partition coefficient (Wildman–Crippen LogP) is 6.56. The van der Waals surface area contributed by atoms with Gasteiger partial charge in [0, 0.05) is 18.3 Å². The van der Waals surface area contributed by atoms with Crippen LogP contribution < -0.4 is 0 Å². The Labute approximate surface area is 258 Å². The van der Waals surface area contributed by atoms with Gasteiger partial charge in [0.2, 0.25) is 5.78 Å². The zero-order valence-corrected chi connectivity index (χ0v) is 25.6. The quantitative estimate of drug-likeness (QED) is 0.172. The standard InChI is InChI=1S/C20H17FO3S.C15H15NO3/c1-12-17(9-13-3-6-15(7-4-13)25(2)24)16-8-5-14(21)10-19(16)18(12)11-20(22)23;1-10-3-5-11(6-4-10)15(19)13-8-7-12(16(13)2)9-14(17)18/h3-10H,11H2,1-2H3,(H,22,23);3-8H,9H2,1-2H3,(H,17,18)/b17-9-;. The summed E-state index contributed by atoms with van der Waals surface area (Å²) in [6.45, 7) is 3.82. The van der Waals surface area contributed by atoms with Crippen LogP contribution in [-0.4, -0.2) is 43.3 Å². The van der Waals surface area contributed by atoms with Gasteiger partial charge in [-0.05, 0) is 113 Å². The first-order valence-corrected chi connectivity index (χ1v) is 15.3. The molecule has 0 bridgehead atoms. The summed E-state index contributed by atoms with van der Waals surface area (Å²) in [5, 5.41) is 18.0. The lowest BCUT2D eigenvalue weighted by Gasteiger charge is -2.06. The highest BCUT2D eigenvalue weighted by Gasteiger charge is 2.25. The first-order valence-electron chi connectivity index (χ1n) is 13.7. The minimum atomic E-state index is -1.04. The largest absolute Gasteiger partial charge is 0.612 e. The minimum Gasteiger partial charge on any atom is -0.612 e. The molecule has 7 nitrogen and oxygen atoms in total. The molecule has 226 valence electrons. The van der Waals surface area contributed by atoms with E-state index in [2.05, 4.69) is 0 Å². The van der Waals surface area contributed by atoms with Crippen LogP contribution in [0.1, 0.15) is 57.3 Å². The van der Waals surface area contributed by atoms with E-state index in [-0.39, 0.29) is 24.4 Å². The van der Waals surface area contributed by atoms with Crippen molar-refractivity contribution in [3.63, 3.8) is 0 Å². The summed E-state index contributed by atoms with van der Waals surface area (Å²) in [6.07, 6.45) is 3.34. The number of aliphatic carboxylic acids is 2. The van der Waals surface area contributed by atoms with E-state index in [1.165, 1.54) is 12.1 Å². The summed E-state index contributed by atoms with van der Waals surface area (Å²) in [5.41, 5.74) is 7.56. The third kappa shape index (κ3) is 7.42. The average Bonchev–Trinajstić information content (AvgIpc) is 3.45. The van der Waals surface area contributed by atoms with E-state index in [1.807, 2.05) is 44.2 Å². The molecule has 44 heavy (non-hydrogen) atoms. The molecule has 4 aromatic rings. The predicted molar refractivity (Wildman–Crippen MR) is 169 cm³/mol. The van der Waals surface area contributed by atoms with Crippen LogP contribution in [0.4, 0.5) is 4.39 Å². The van der Waals surface area contributed by atoms with Crippen molar-refractivity contribution in [1.82, 2.24) is 4.57 Å². The maximum absolute atomic E-state index is 13.7. The van der Waals surface area contributed by atoms with Gasteiger partial charge in [0.1, 0.15) is 12.1 Å². The van der Waals surface area contributed by atoms with Crippen LogP contribution in [0.25, 0.3) is 17.2 Å². The molecule has 0 saturated heterocycles. The SMILES string of the molecule is CC1=C(CC(=O)O)c2cc(F)ccc2/C1=C\c1ccc([S+](C)[O-])cc1.Cc1ccc(C(=O)c2ccc(CC(=O)O)n2C)cc1. The van der Waals surface area contributed by atoms with Gasteiger partial charge in [-0.3, -0.25) is 14.4 Å². The number of carboxylic acid groups (broad SMARTS) is 2. The Balaban J connectivity index is 0.000000209. The third-order valence-electron chi connectivity index (χ3n) is 7.41. The van der Waals surface area contributed by atoms with Crippen LogP contribution in [-0.2, 0) is 34.2 Å². The molecule has 0 spiro atoms. The summed E-state index contributed by atoms with van der Waals surface area (Å²) in [7, 11) is 1.71. The van der Waals surface area contributed by atoms with Crippen LogP contribution in [0.2, 0.25) is 0 Å². The number of aromatic nitrogens is 1. The molecular weight excluding hydrogens is 581 g/mol. The molecular formula is C35H32FNO6S. The van der Waals surface area contributed by atoms with E-state index in [1.54, 1.807) is 60.3 Å². The van der Waals surface area contributed by atoms with E-state index >= 15 is 0 Å². The van der Waals surface area contributed by atoms with Crippen molar-refractivity contribution in [1.29, 1.82) is 0 Å². The molecule has 1 aliphatic rings. The van der Waals surface area contributed by atoms with Gasteiger partial charge in [-0.2, -0.15) is 0 Å². The molecule has 0 aliphatic heterocycles. The molecule has 1 heterocycles. The van der Waals surface area contributed by atoms with Crippen LogP contribution in [0.15, 0.2) is 89.3 Å². The van der Waals surface area contributed by atoms with Gasteiger partial charge in [0.25, 0.3) is 0 Å². The average molecular weight is 614 g/mol. The monoisotopic (exact) mass is 613 g/mol. The molecule has 0 radical (unpaired) electrons. The first kappa shape index (κ1) is 32.2. The highest BCUT2D eigenvalue weighted by molar-refractivity contribution is 7.90. The smallest absolute Gasteiger partial charge is 0.309 e. The third-order valence-corrected chi connectivity index (χ3v) is 8.35. The summed E-state index contributed by atoms with van der Waals surface area (Å²) in [5.74, 6) is -2.33. The van der Waals surface area contributed by atoms with E-state index in [9.17, 15) is 23.3 Å². The molecule has 1 aliphatic carbocycles. The van der Waals surface area contributed by atoms with Crippen molar-refractivity contribution >= 4 is 46.1 Å². The molecule has 0 amide bonds. The van der Waals surface area contributed by atoms with Crippen LogP contribution in [0.3, 0.4) is 0 Å². The highest BCUT2D eigenvalue weighted by Crippen LogP contribution is 2.43. The number of rotatable bonds is 8. The van der Waals surface area contributed by atoms with Gasteiger partial charge in [0.15, 0.2) is 4.90 Å². The Morgan fingerprint density at radius 3 is 2.09 bits per heavy atom. The molecule has 1 atom stereocenters. The molecule has 2 N–H and O–H groups in total. The van der Waals surface area contributed by atoms with Crippen LogP contribution >= 0.6 is 0 Å². The van der Waals surface area contributed by atoms with Crippen LogP contribution in [0, 0.1) is 12.7 Å². The van der Waals surface area contributed by atoms with Crippen molar-refractivity contribution in [3.8, 4) is 0 Å². The zero-order chi connectivity index (χ0) is 32.1. The lowest BCUT2D eigenvalue weighted by molar-refractivity contribution is -0.137. The number of hydrogen-bond acceptors (Lipinski definition) is 4. The van der Waals surface area contributed by atoms with Gasteiger partial charge in [-0.1, -0.05) is 35.9 Å². The number of hydrogen-bond donors (Lipinski definition) is 2. The molecule has 1 aromatic heterocycles. The second kappa shape index (κ2) is 13.7. The van der Waals surface area contributed by atoms with Gasteiger partial charge < -0.3 is 19.3 Å². The Bertz CT molecular complexity index is 1780. The second-order valence-electron chi connectivity index (χ2n) is 10.5. The normalized spacial score (nSPS) is 13.7. The number of ketones is 1. The number of allylic oxidation sites excluding steroid dienone is 2. The van der Waals surface area contributed by atoms with Crippen molar-refractivity contribution in [2.24, 2.45) is 7.05 Å². The van der Waals surface area contributed by atoms with Crippen LogP contribution in [0.5, 0.6) is 0 Å². The minimum absolute atomic E-state index is 0.0856. The maximum atomic E-state index is 13.7. The summed E-state index contributed by atoms with van der Waals surface area (Å²) < 4.78 is 26.8. The van der Waals surface area contributed by atoms with Crippen molar-refractivity contribution in [2.75, 3.05) is 6.26 Å². The highest BCUT2D eigenvalue weighted by atomic mass is 32.2. The number of carboxylic acids is 2. The Kier molecular flexibility index (Phi) is 10.0. The number of aryl methyl sites for hydroxylation is 1.